The van der Waals surface area contributed by atoms with Crippen LogP contribution in [0.5, 0.6) is 0 Å². The van der Waals surface area contributed by atoms with Gasteiger partial charge in [0.15, 0.2) is 0 Å². The summed E-state index contributed by atoms with van der Waals surface area (Å²) >= 11 is 1.73. The molecule has 0 fully saturated rings. The molecule has 4 aliphatic heterocycles. The highest BCUT2D eigenvalue weighted by Crippen LogP contribution is 2.49. The molecule has 0 amide bonds. The van der Waals surface area contributed by atoms with Gasteiger partial charge in [0.1, 0.15) is 0 Å². The van der Waals surface area contributed by atoms with Crippen LogP contribution in [0.2, 0.25) is 0 Å². The Morgan fingerprint density at radius 2 is 1.12 bits per heavy atom. The SMILES string of the molecule is Cc1ccc2c(c1)B1c3cc(C)ccc3N3c4ccc(C(F)(F)F)cc4B4c5ccccc5Sc5cc(c1c3c54)N2c1ccccc1C. The lowest BCUT2D eigenvalue weighted by Gasteiger charge is -2.49. The third-order valence-electron chi connectivity index (χ3n) is 10.5. The molecule has 0 unspecified atom stereocenters. The molecule has 0 bridgehead atoms. The van der Waals surface area contributed by atoms with Gasteiger partial charge in [0, 0.05) is 43.9 Å². The Balaban J connectivity index is 1.39. The van der Waals surface area contributed by atoms with Gasteiger partial charge in [0.2, 0.25) is 6.71 Å². The van der Waals surface area contributed by atoms with E-state index in [0.29, 0.717) is 5.46 Å². The maximum Gasteiger partial charge on any atom is 0.416 e. The van der Waals surface area contributed by atoms with Crippen LogP contribution in [0.3, 0.4) is 0 Å². The summed E-state index contributed by atoms with van der Waals surface area (Å²) in [5.41, 5.74) is 15.7. The minimum absolute atomic E-state index is 0.0413. The molecule has 2 nitrogen and oxygen atoms in total. The first-order valence-electron chi connectivity index (χ1n) is 16.2. The molecule has 4 aliphatic rings. The average molecular weight is 646 g/mol. The van der Waals surface area contributed by atoms with Crippen LogP contribution in [0, 0.1) is 20.8 Å². The Labute approximate surface area is 282 Å². The third-order valence-corrected chi connectivity index (χ3v) is 11.7. The van der Waals surface area contributed by atoms with E-state index in [9.17, 15) is 13.2 Å². The minimum Gasteiger partial charge on any atom is -0.312 e. The summed E-state index contributed by atoms with van der Waals surface area (Å²) in [6, 6.07) is 36.8. The minimum atomic E-state index is -4.45. The topological polar surface area (TPSA) is 6.48 Å². The van der Waals surface area contributed by atoms with E-state index in [0.717, 1.165) is 60.4 Å². The maximum absolute atomic E-state index is 14.4. The molecule has 8 heteroatoms. The predicted molar refractivity (Wildman–Crippen MR) is 195 cm³/mol. The fourth-order valence-corrected chi connectivity index (χ4v) is 9.76. The fourth-order valence-electron chi connectivity index (χ4n) is 8.58. The van der Waals surface area contributed by atoms with Crippen molar-refractivity contribution >= 4 is 92.1 Å². The molecule has 4 heterocycles. The lowest BCUT2D eigenvalue weighted by molar-refractivity contribution is -0.137. The zero-order valence-corrected chi connectivity index (χ0v) is 27.3. The monoisotopic (exact) mass is 646 g/mol. The van der Waals surface area contributed by atoms with E-state index in [1.165, 1.54) is 39.6 Å². The third kappa shape index (κ3) is 3.69. The van der Waals surface area contributed by atoms with Gasteiger partial charge in [-0.3, -0.25) is 0 Å². The molecule has 0 N–H and O–H groups in total. The van der Waals surface area contributed by atoms with Crippen LogP contribution < -0.4 is 42.6 Å². The number of para-hydroxylation sites is 1. The largest absolute Gasteiger partial charge is 0.416 e. The lowest BCUT2D eigenvalue weighted by atomic mass is 9.29. The van der Waals surface area contributed by atoms with Crippen LogP contribution in [0.25, 0.3) is 0 Å². The maximum atomic E-state index is 14.4. The molecule has 0 saturated heterocycles. The van der Waals surface area contributed by atoms with Crippen molar-refractivity contribution < 1.29 is 13.2 Å². The van der Waals surface area contributed by atoms with Crippen LogP contribution in [-0.2, 0) is 6.18 Å². The molecule has 0 spiro atoms. The van der Waals surface area contributed by atoms with Crippen molar-refractivity contribution in [2.45, 2.75) is 36.7 Å². The van der Waals surface area contributed by atoms with Gasteiger partial charge in [0.05, 0.1) is 5.56 Å². The van der Waals surface area contributed by atoms with Crippen molar-refractivity contribution in [2.24, 2.45) is 0 Å². The Morgan fingerprint density at radius 3 is 1.83 bits per heavy atom. The summed E-state index contributed by atoms with van der Waals surface area (Å²) in [5.74, 6) is 0. The van der Waals surface area contributed by atoms with E-state index >= 15 is 0 Å². The van der Waals surface area contributed by atoms with Crippen molar-refractivity contribution in [2.75, 3.05) is 9.80 Å². The van der Waals surface area contributed by atoms with Crippen molar-refractivity contribution in [1.82, 2.24) is 0 Å². The Kier molecular flexibility index (Phi) is 5.67. The average Bonchev–Trinajstić information content (AvgIpc) is 3.07. The molecule has 48 heavy (non-hydrogen) atoms. The second-order valence-corrected chi connectivity index (χ2v) is 14.5. The molecule has 230 valence electrons. The smallest absolute Gasteiger partial charge is 0.312 e. The number of halogens is 3. The van der Waals surface area contributed by atoms with E-state index in [4.69, 9.17) is 0 Å². The van der Waals surface area contributed by atoms with Crippen LogP contribution in [0.4, 0.5) is 47.3 Å². The van der Waals surface area contributed by atoms with Gasteiger partial charge in [-0.25, -0.2) is 0 Å². The highest BCUT2D eigenvalue weighted by molar-refractivity contribution is 8.00. The Hall–Kier alpha value is -4.81. The van der Waals surface area contributed by atoms with E-state index in [-0.39, 0.29) is 13.4 Å². The van der Waals surface area contributed by atoms with Crippen LogP contribution in [-0.4, -0.2) is 13.4 Å². The predicted octanol–water partition coefficient (Wildman–Crippen LogP) is 7.01. The number of alkyl halides is 3. The number of hydrogen-bond donors (Lipinski definition) is 0. The first-order chi connectivity index (χ1) is 23.2. The molecule has 0 saturated carbocycles. The van der Waals surface area contributed by atoms with Crippen LogP contribution in [0.1, 0.15) is 22.3 Å². The van der Waals surface area contributed by atoms with Gasteiger partial charge >= 0.3 is 6.18 Å². The van der Waals surface area contributed by atoms with Crippen molar-refractivity contribution in [1.29, 1.82) is 0 Å². The van der Waals surface area contributed by atoms with E-state index in [1.807, 2.05) is 12.1 Å². The van der Waals surface area contributed by atoms with Gasteiger partial charge < -0.3 is 9.80 Å². The number of benzene rings is 6. The number of hydrogen-bond acceptors (Lipinski definition) is 3. The molecule has 0 atom stereocenters. The van der Waals surface area contributed by atoms with E-state index in [1.54, 1.807) is 17.8 Å². The summed E-state index contributed by atoms with van der Waals surface area (Å²) in [5, 5.41) is 0. The van der Waals surface area contributed by atoms with E-state index in [2.05, 4.69) is 109 Å². The zero-order chi connectivity index (χ0) is 32.6. The summed E-state index contributed by atoms with van der Waals surface area (Å²) in [6.45, 7) is 6.05. The first kappa shape index (κ1) is 28.2. The molecular formula is C40H27B2F3N2S. The lowest BCUT2D eigenvalue weighted by Crippen LogP contribution is -2.68. The Bertz CT molecular complexity index is 2400. The normalized spacial score (nSPS) is 14.6. The highest BCUT2D eigenvalue weighted by Gasteiger charge is 2.51. The highest BCUT2D eigenvalue weighted by atomic mass is 32.2. The number of anilines is 6. The van der Waals surface area contributed by atoms with Crippen molar-refractivity contribution in [3.63, 3.8) is 0 Å². The zero-order valence-electron chi connectivity index (χ0n) is 26.5. The molecule has 6 aromatic carbocycles. The number of aryl methyl sites for hydroxylation is 3. The second-order valence-electron chi connectivity index (χ2n) is 13.4. The molecular weight excluding hydrogens is 619 g/mol. The summed E-state index contributed by atoms with van der Waals surface area (Å²) in [6.07, 6.45) is -4.45. The second kappa shape index (κ2) is 9.64. The van der Waals surface area contributed by atoms with Crippen LogP contribution in [0.15, 0.2) is 119 Å². The van der Waals surface area contributed by atoms with Gasteiger partial charge in [-0.15, -0.1) is 0 Å². The standard InChI is InChI=1S/C40H27B2F3N2S/c1-22-12-15-31-27(18-22)42-28-19-23(2)13-16-32(28)47-33-17-14-25(40(43,44)45)20-29(33)41-26-9-5-7-11-35(26)48-36-21-34(37(42)39(47)38(36)41)46(31)30-10-6-4-8-24(30)3/h4-21H,1-3H3. The molecule has 0 radical (unpaired) electrons. The molecule has 10 rings (SSSR count). The van der Waals surface area contributed by atoms with Gasteiger partial charge in [-0.1, -0.05) is 95.1 Å². The first-order valence-corrected chi connectivity index (χ1v) is 17.1. The quantitative estimate of drug-likeness (QED) is 0.177. The summed E-state index contributed by atoms with van der Waals surface area (Å²) in [7, 11) is 0. The number of fused-ring (bicyclic) bond motifs is 10. The summed E-state index contributed by atoms with van der Waals surface area (Å²) in [4.78, 5) is 6.87. The molecule has 6 aromatic rings. The molecule has 0 aliphatic carbocycles. The van der Waals surface area contributed by atoms with E-state index < -0.39 is 11.7 Å². The van der Waals surface area contributed by atoms with Gasteiger partial charge in [-0.2, -0.15) is 13.2 Å². The van der Waals surface area contributed by atoms with Gasteiger partial charge in [-0.05, 0) is 96.1 Å². The number of rotatable bonds is 1. The fraction of sp³-hybridized carbons (Fsp3) is 0.100. The Morgan fingerprint density at radius 1 is 0.521 bits per heavy atom. The van der Waals surface area contributed by atoms with Gasteiger partial charge in [0.25, 0.3) is 6.71 Å². The van der Waals surface area contributed by atoms with Crippen molar-refractivity contribution in [3.8, 4) is 0 Å². The van der Waals surface area contributed by atoms with Crippen LogP contribution >= 0.6 is 11.8 Å². The summed E-state index contributed by atoms with van der Waals surface area (Å²) < 4.78 is 43.1. The molecule has 0 aromatic heterocycles. The van der Waals surface area contributed by atoms with Crippen molar-refractivity contribution in [3.05, 3.63) is 131 Å². The number of nitrogens with zero attached hydrogens (tertiary/aromatic N) is 2.